The topological polar surface area (TPSA) is 70.2 Å². The summed E-state index contributed by atoms with van der Waals surface area (Å²) < 4.78 is 13.5. The standard InChI is InChI=1S/C17H27I2N2O2/c1-15(18-2,17-19(20-17)21-17)14(22)23-16(7-3-4-8-16)13-10-11-5-6-12(13)9-11/h11-13,20-21H,3-10H2,1-2H3/q-1. The molecule has 2 N–H and O–H groups in total. The van der Waals surface area contributed by atoms with Gasteiger partial charge in [0.1, 0.15) is 0 Å². The molecule has 5 aliphatic rings. The molecular formula is C17H27I2N2O2-. The predicted molar refractivity (Wildman–Crippen MR) is 93.6 cm³/mol. The third-order valence-corrected chi connectivity index (χ3v) is 16.5. The summed E-state index contributed by atoms with van der Waals surface area (Å²) in [5, 5.41) is 0. The molecule has 0 amide bonds. The number of carbonyl (C=O) groups excluding carboxylic acids is 1. The van der Waals surface area contributed by atoms with Crippen LogP contribution in [0.1, 0.15) is 58.3 Å². The van der Waals surface area contributed by atoms with Gasteiger partial charge in [0.25, 0.3) is 0 Å². The summed E-state index contributed by atoms with van der Waals surface area (Å²) in [6.07, 6.45) is 10.3. The molecule has 0 aromatic heterocycles. The summed E-state index contributed by atoms with van der Waals surface area (Å²) in [5.74, 6) is 2.57. The summed E-state index contributed by atoms with van der Waals surface area (Å²) in [6.45, 7) is 2.18. The van der Waals surface area contributed by atoms with Crippen LogP contribution in [0.15, 0.2) is 0 Å². The number of hydrogen-bond acceptors (Lipinski definition) is 4. The van der Waals surface area contributed by atoms with Crippen LogP contribution in [0.5, 0.6) is 0 Å². The van der Waals surface area contributed by atoms with E-state index in [1.807, 2.05) is 0 Å². The second kappa shape index (κ2) is 5.19. The average Bonchev–Trinajstić information content (AvgIpc) is 3.15. The quantitative estimate of drug-likeness (QED) is 0.127. The van der Waals surface area contributed by atoms with Gasteiger partial charge in [-0.3, -0.25) is 0 Å². The van der Waals surface area contributed by atoms with E-state index in [1.165, 1.54) is 38.5 Å². The first-order chi connectivity index (χ1) is 11.0. The molecule has 5 rings (SSSR count). The molecule has 6 heteroatoms. The maximum absolute atomic E-state index is 13.3. The van der Waals surface area contributed by atoms with E-state index in [2.05, 4.69) is 18.9 Å². The monoisotopic (exact) mass is 545 g/mol. The Morgan fingerprint density at radius 3 is 2.43 bits per heavy atom. The Labute approximate surface area is 157 Å². The molecule has 0 aromatic rings. The van der Waals surface area contributed by atoms with E-state index in [1.54, 1.807) is 0 Å². The summed E-state index contributed by atoms with van der Waals surface area (Å²) in [4.78, 5) is 15.5. The average molecular weight is 545 g/mol. The molecule has 4 nitrogen and oxygen atoms in total. The van der Waals surface area contributed by atoms with E-state index in [0.29, 0.717) is 5.92 Å². The predicted octanol–water partition coefficient (Wildman–Crippen LogP) is -0.0473. The minimum absolute atomic E-state index is 0.0600. The van der Waals surface area contributed by atoms with Gasteiger partial charge in [0.15, 0.2) is 0 Å². The van der Waals surface area contributed by atoms with E-state index in [4.69, 9.17) is 4.74 Å². The molecule has 3 saturated carbocycles. The van der Waals surface area contributed by atoms with Crippen LogP contribution < -0.4 is 28.3 Å². The van der Waals surface area contributed by atoms with Crippen LogP contribution in [-0.2, 0) is 9.53 Å². The number of halogens is 2. The van der Waals surface area contributed by atoms with Crippen LogP contribution in [0.4, 0.5) is 0 Å². The van der Waals surface area contributed by atoms with Crippen LogP contribution >= 0.6 is 20.4 Å². The number of fused-ring (bicyclic) bond motifs is 3. The van der Waals surface area contributed by atoms with Crippen molar-refractivity contribution in [2.45, 2.75) is 71.0 Å². The Balaban J connectivity index is 1.39. The van der Waals surface area contributed by atoms with Crippen LogP contribution in [0.3, 0.4) is 0 Å². The Kier molecular flexibility index (Phi) is 3.62. The zero-order valence-electron chi connectivity index (χ0n) is 14.0. The van der Waals surface area contributed by atoms with Gasteiger partial charge < -0.3 is 0 Å². The van der Waals surface area contributed by atoms with E-state index in [-0.39, 0.29) is 39.9 Å². The second-order valence-electron chi connectivity index (χ2n) is 8.27. The van der Waals surface area contributed by atoms with Crippen LogP contribution in [-0.4, -0.2) is 23.6 Å². The molecule has 4 unspecified atom stereocenters. The number of hydrogen-bond donors (Lipinski definition) is 2. The van der Waals surface area contributed by atoms with Crippen molar-refractivity contribution in [1.82, 2.24) is 7.06 Å². The van der Waals surface area contributed by atoms with Crippen molar-refractivity contribution in [3.8, 4) is 0 Å². The van der Waals surface area contributed by atoms with E-state index >= 15 is 0 Å². The van der Waals surface area contributed by atoms with Gasteiger partial charge in [-0.05, 0) is 0 Å². The molecule has 132 valence electrons. The fraction of sp³-hybridized carbons (Fsp3) is 0.941. The molecule has 5 fully saturated rings. The molecule has 2 bridgehead atoms. The van der Waals surface area contributed by atoms with Gasteiger partial charge in [0.05, 0.1) is 0 Å². The van der Waals surface area contributed by atoms with E-state index < -0.39 is 20.4 Å². The first kappa shape index (κ1) is 16.1. The number of rotatable bonds is 5. The van der Waals surface area contributed by atoms with Crippen molar-refractivity contribution < 1.29 is 30.7 Å². The zero-order valence-corrected chi connectivity index (χ0v) is 18.3. The molecule has 0 spiro atoms. The van der Waals surface area contributed by atoms with Crippen molar-refractivity contribution in [2.24, 2.45) is 17.8 Å². The fourth-order valence-electron chi connectivity index (χ4n) is 5.62. The minimum atomic E-state index is -1.11. The molecule has 0 radical (unpaired) electrons. The summed E-state index contributed by atoms with van der Waals surface area (Å²) in [6, 6.07) is 0. The van der Waals surface area contributed by atoms with Gasteiger partial charge in [-0.25, -0.2) is 0 Å². The number of alkyl halides is 3. The number of esters is 1. The summed E-state index contributed by atoms with van der Waals surface area (Å²) in [7, 11) is 0. The Bertz CT molecular complexity index is 545. The van der Waals surface area contributed by atoms with Gasteiger partial charge in [-0.15, -0.1) is 0 Å². The molecule has 3 aliphatic carbocycles. The summed E-state index contributed by atoms with van der Waals surface area (Å²) >= 11 is -1.30. The van der Waals surface area contributed by atoms with Gasteiger partial charge in [-0.1, -0.05) is 0 Å². The van der Waals surface area contributed by atoms with Crippen LogP contribution in [0.2, 0.25) is 0 Å². The number of carbonyl (C=O) groups is 1. The molecule has 2 heterocycles. The van der Waals surface area contributed by atoms with Gasteiger partial charge in [-0.2, -0.15) is 0 Å². The van der Waals surface area contributed by atoms with Crippen molar-refractivity contribution >= 4 is 26.3 Å². The van der Waals surface area contributed by atoms with Gasteiger partial charge in [0.2, 0.25) is 0 Å². The Morgan fingerprint density at radius 2 is 1.96 bits per heavy atom. The maximum atomic E-state index is 13.3. The second-order valence-corrected chi connectivity index (χ2v) is 15.8. The zero-order chi connectivity index (χ0) is 15.9. The molecule has 0 aromatic carbocycles. The third kappa shape index (κ3) is 2.16. The van der Waals surface area contributed by atoms with Crippen molar-refractivity contribution in [2.75, 3.05) is 4.93 Å². The molecule has 2 saturated heterocycles. The number of ether oxygens (including phenoxy) is 1. The Hall–Kier alpha value is 0.850. The normalized spacial score (nSPS) is 42.3. The van der Waals surface area contributed by atoms with Crippen LogP contribution in [0.25, 0.3) is 0 Å². The Morgan fingerprint density at radius 1 is 1.26 bits per heavy atom. The number of nitrogens with one attached hydrogen (secondary N) is 2. The van der Waals surface area contributed by atoms with Gasteiger partial charge in [0, 0.05) is 0 Å². The third-order valence-electron chi connectivity index (χ3n) is 7.23. The van der Waals surface area contributed by atoms with E-state index in [0.717, 1.165) is 24.7 Å². The van der Waals surface area contributed by atoms with Crippen molar-refractivity contribution in [1.29, 1.82) is 0 Å². The van der Waals surface area contributed by atoms with Crippen molar-refractivity contribution in [3.05, 3.63) is 0 Å². The summed E-state index contributed by atoms with van der Waals surface area (Å²) in [5.41, 5.74) is -0.101. The van der Waals surface area contributed by atoms with Crippen LogP contribution in [0, 0.1) is 17.8 Å². The molecular weight excluding hydrogens is 518 g/mol. The SMILES string of the molecule is C[I-]C(C)(C(=O)OC1(C2CC3CCC2C3)CCCC1)C12NI1N2. The van der Waals surface area contributed by atoms with E-state index in [9.17, 15) is 4.79 Å². The first-order valence-electron chi connectivity index (χ1n) is 9.02. The molecule has 4 atom stereocenters. The first-order valence-corrected chi connectivity index (χ1v) is 15.5. The molecule has 2 aliphatic heterocycles. The fourth-order valence-corrected chi connectivity index (χ4v) is 15.9. The van der Waals surface area contributed by atoms with Gasteiger partial charge >= 0.3 is 158 Å². The molecule has 23 heavy (non-hydrogen) atoms. The van der Waals surface area contributed by atoms with Crippen molar-refractivity contribution in [3.63, 3.8) is 0 Å².